The average Bonchev–Trinajstić information content (AvgIpc) is 3.50. The Morgan fingerprint density at radius 1 is 1.15 bits per heavy atom. The SMILES string of the molecule is CCOc1ccc(NC(=O)[C@H]2[C@@H]3SC4(CC3Br)C(C(=O)Nc3ccccc3Cl)N(CCCCO)C(=O)[C@H]24)cc1. The number of aliphatic hydroxyl groups excluding tert-OH is 1. The Balaban J connectivity index is 1.44. The van der Waals surface area contributed by atoms with Crippen LogP contribution in [0.25, 0.3) is 0 Å². The van der Waals surface area contributed by atoms with Crippen molar-refractivity contribution in [2.75, 3.05) is 30.4 Å². The molecule has 0 saturated carbocycles. The number of thioether (sulfide) groups is 1. The van der Waals surface area contributed by atoms with E-state index in [0.717, 1.165) is 0 Å². The average molecular weight is 637 g/mol. The predicted octanol–water partition coefficient (Wildman–Crippen LogP) is 4.55. The van der Waals surface area contributed by atoms with Gasteiger partial charge in [-0.2, -0.15) is 0 Å². The Kier molecular flexibility index (Phi) is 8.47. The highest BCUT2D eigenvalue weighted by Crippen LogP contribution is 2.67. The van der Waals surface area contributed by atoms with Crippen LogP contribution >= 0.6 is 39.3 Å². The fraction of sp³-hybridized carbons (Fsp3) is 0.464. The number of benzene rings is 2. The van der Waals surface area contributed by atoms with Gasteiger partial charge in [0.25, 0.3) is 0 Å². The van der Waals surface area contributed by atoms with Gasteiger partial charge < -0.3 is 25.4 Å². The molecule has 8 nitrogen and oxygen atoms in total. The maximum absolute atomic E-state index is 14.0. The summed E-state index contributed by atoms with van der Waals surface area (Å²) in [6, 6.07) is 13.4. The molecule has 208 valence electrons. The summed E-state index contributed by atoms with van der Waals surface area (Å²) in [6.07, 6.45) is 1.65. The van der Waals surface area contributed by atoms with Gasteiger partial charge in [-0.05, 0) is 62.6 Å². The second-order valence-corrected chi connectivity index (χ2v) is 13.2. The zero-order chi connectivity index (χ0) is 27.7. The number of nitrogens with one attached hydrogen (secondary N) is 2. The van der Waals surface area contributed by atoms with Crippen LogP contribution in [0.3, 0.4) is 0 Å². The van der Waals surface area contributed by atoms with Gasteiger partial charge in [0.15, 0.2) is 0 Å². The first-order valence-electron chi connectivity index (χ1n) is 13.1. The lowest BCUT2D eigenvalue weighted by Crippen LogP contribution is -2.52. The number of amides is 3. The Hall–Kier alpha value is -2.27. The number of ether oxygens (including phenoxy) is 1. The van der Waals surface area contributed by atoms with Crippen molar-refractivity contribution in [3.63, 3.8) is 0 Å². The van der Waals surface area contributed by atoms with Gasteiger partial charge in [0.1, 0.15) is 11.8 Å². The number of hydrogen-bond acceptors (Lipinski definition) is 6. The number of alkyl halides is 1. The minimum Gasteiger partial charge on any atom is -0.494 e. The number of carbonyl (C=O) groups is 3. The van der Waals surface area contributed by atoms with Gasteiger partial charge in [-0.25, -0.2) is 0 Å². The van der Waals surface area contributed by atoms with E-state index in [2.05, 4.69) is 26.6 Å². The molecule has 3 amide bonds. The van der Waals surface area contributed by atoms with Crippen molar-refractivity contribution in [1.29, 1.82) is 0 Å². The minimum atomic E-state index is -0.775. The van der Waals surface area contributed by atoms with Gasteiger partial charge in [0, 0.05) is 28.9 Å². The molecule has 3 aliphatic rings. The third kappa shape index (κ3) is 5.16. The third-order valence-corrected chi connectivity index (χ3v) is 11.3. The van der Waals surface area contributed by atoms with Crippen molar-refractivity contribution < 1.29 is 24.2 Å². The van der Waals surface area contributed by atoms with Crippen molar-refractivity contribution in [3.05, 3.63) is 53.6 Å². The fourth-order valence-corrected chi connectivity index (χ4v) is 9.95. The van der Waals surface area contributed by atoms with Gasteiger partial charge >= 0.3 is 0 Å². The topological polar surface area (TPSA) is 108 Å². The Bertz CT molecular complexity index is 1250. The van der Waals surface area contributed by atoms with Crippen LogP contribution in [0.5, 0.6) is 5.75 Å². The summed E-state index contributed by atoms with van der Waals surface area (Å²) in [4.78, 5) is 43.2. The lowest BCUT2D eigenvalue weighted by atomic mass is 9.70. The van der Waals surface area contributed by atoms with Crippen molar-refractivity contribution in [2.45, 2.75) is 47.1 Å². The lowest BCUT2D eigenvalue weighted by Gasteiger charge is -2.35. The number of likely N-dealkylation sites (tertiary alicyclic amines) is 1. The molecule has 6 atom stereocenters. The van der Waals surface area contributed by atoms with E-state index in [1.54, 1.807) is 65.2 Å². The number of hydrogen-bond donors (Lipinski definition) is 3. The Morgan fingerprint density at radius 2 is 1.90 bits per heavy atom. The number of para-hydroxylation sites is 1. The monoisotopic (exact) mass is 635 g/mol. The van der Waals surface area contributed by atoms with Crippen LogP contribution in [-0.4, -0.2) is 68.4 Å². The molecule has 1 spiro atoms. The van der Waals surface area contributed by atoms with Gasteiger partial charge in [-0.3, -0.25) is 14.4 Å². The predicted molar refractivity (Wildman–Crippen MR) is 157 cm³/mol. The summed E-state index contributed by atoms with van der Waals surface area (Å²) >= 11 is 11.7. The maximum atomic E-state index is 14.0. The number of anilines is 2. The smallest absolute Gasteiger partial charge is 0.248 e. The zero-order valence-electron chi connectivity index (χ0n) is 21.4. The summed E-state index contributed by atoms with van der Waals surface area (Å²) < 4.78 is 4.73. The number of halogens is 2. The van der Waals surface area contributed by atoms with Crippen LogP contribution in [0.4, 0.5) is 11.4 Å². The summed E-state index contributed by atoms with van der Waals surface area (Å²) in [5.41, 5.74) is 1.10. The molecule has 2 aromatic carbocycles. The quantitative estimate of drug-likeness (QED) is 0.261. The van der Waals surface area contributed by atoms with Crippen LogP contribution in [0.1, 0.15) is 26.2 Å². The Morgan fingerprint density at radius 3 is 2.59 bits per heavy atom. The first kappa shape index (κ1) is 28.3. The summed E-state index contributed by atoms with van der Waals surface area (Å²) in [7, 11) is 0. The molecule has 11 heteroatoms. The molecule has 3 fully saturated rings. The number of carbonyl (C=O) groups excluding carboxylic acids is 3. The van der Waals surface area contributed by atoms with Gasteiger partial charge in [-0.15, -0.1) is 11.8 Å². The molecule has 2 aromatic rings. The third-order valence-electron chi connectivity index (χ3n) is 7.71. The van der Waals surface area contributed by atoms with Crippen LogP contribution in [0, 0.1) is 11.8 Å². The fourth-order valence-electron chi connectivity index (χ4n) is 6.15. The standard InChI is InChI=1S/C28H31BrClN3O5S/c1-2-38-17-11-9-16(10-12-17)31-25(35)21-22-27(37)33(13-5-6-14-34)24(28(22)15-18(29)23(21)39-28)26(36)32-20-8-4-3-7-19(20)30/h3-4,7-12,18,21-24,34H,2,5-6,13-15H2,1H3,(H,31,35)(H,32,36)/t18?,21-,22+,23-,24?,28?/m1/s1. The lowest BCUT2D eigenvalue weighted by molar-refractivity contribution is -0.138. The van der Waals surface area contributed by atoms with E-state index in [4.69, 9.17) is 16.3 Å². The van der Waals surface area contributed by atoms with E-state index in [0.29, 0.717) is 54.6 Å². The number of aliphatic hydroxyl groups is 1. The van der Waals surface area contributed by atoms with Crippen molar-refractivity contribution >= 4 is 68.4 Å². The number of unbranched alkanes of at least 4 members (excludes halogenated alkanes) is 1. The van der Waals surface area contributed by atoms with Crippen molar-refractivity contribution in [2.24, 2.45) is 11.8 Å². The van der Waals surface area contributed by atoms with Crippen LogP contribution in [0.15, 0.2) is 48.5 Å². The van der Waals surface area contributed by atoms with E-state index < -0.39 is 22.6 Å². The normalized spacial score (nSPS) is 28.9. The minimum absolute atomic E-state index is 0.000499. The second-order valence-electron chi connectivity index (χ2n) is 10.0. The van der Waals surface area contributed by atoms with Gasteiger partial charge in [0.05, 0.1) is 33.9 Å². The van der Waals surface area contributed by atoms with Gasteiger partial charge in [-0.1, -0.05) is 39.7 Å². The molecule has 3 N–H and O–H groups in total. The molecule has 3 aliphatic heterocycles. The van der Waals surface area contributed by atoms with E-state index in [1.807, 2.05) is 6.92 Å². The molecular weight excluding hydrogens is 606 g/mol. The highest BCUT2D eigenvalue weighted by molar-refractivity contribution is 9.09. The Labute approximate surface area is 245 Å². The highest BCUT2D eigenvalue weighted by Gasteiger charge is 2.75. The van der Waals surface area contributed by atoms with Crippen LogP contribution < -0.4 is 15.4 Å². The first-order chi connectivity index (χ1) is 18.8. The van der Waals surface area contributed by atoms with Crippen molar-refractivity contribution in [3.8, 4) is 5.75 Å². The molecule has 39 heavy (non-hydrogen) atoms. The molecule has 3 heterocycles. The van der Waals surface area contributed by atoms with E-state index in [-0.39, 0.29) is 34.4 Å². The maximum Gasteiger partial charge on any atom is 0.248 e. The van der Waals surface area contributed by atoms with E-state index in [1.165, 1.54) is 0 Å². The molecule has 2 bridgehead atoms. The van der Waals surface area contributed by atoms with Crippen molar-refractivity contribution in [1.82, 2.24) is 4.90 Å². The largest absolute Gasteiger partial charge is 0.494 e. The zero-order valence-corrected chi connectivity index (χ0v) is 24.6. The van der Waals surface area contributed by atoms with Crippen LogP contribution in [0.2, 0.25) is 5.02 Å². The molecule has 0 aromatic heterocycles. The summed E-state index contributed by atoms with van der Waals surface area (Å²) in [5, 5.41) is 15.5. The molecular formula is C28H31BrClN3O5S. The molecule has 3 unspecified atom stereocenters. The van der Waals surface area contributed by atoms with E-state index in [9.17, 15) is 19.5 Å². The first-order valence-corrected chi connectivity index (χ1v) is 15.3. The summed E-state index contributed by atoms with van der Waals surface area (Å²) in [6.45, 7) is 2.78. The molecule has 3 saturated heterocycles. The second kappa shape index (κ2) is 11.7. The molecule has 0 aliphatic carbocycles. The number of nitrogens with zero attached hydrogens (tertiary/aromatic N) is 1. The molecule has 0 radical (unpaired) electrons. The summed E-state index contributed by atoms with van der Waals surface area (Å²) in [5.74, 6) is -1.27. The van der Waals surface area contributed by atoms with E-state index >= 15 is 0 Å². The van der Waals surface area contributed by atoms with Crippen LogP contribution in [-0.2, 0) is 14.4 Å². The molecule has 5 rings (SSSR count). The van der Waals surface area contributed by atoms with Gasteiger partial charge in [0.2, 0.25) is 17.7 Å². The number of fused-ring (bicyclic) bond motifs is 1. The highest BCUT2D eigenvalue weighted by atomic mass is 79.9. The number of rotatable bonds is 10.